The number of rotatable bonds is 2. The van der Waals surface area contributed by atoms with Crippen molar-refractivity contribution >= 4 is 30.0 Å². The van der Waals surface area contributed by atoms with Crippen molar-refractivity contribution in [1.82, 2.24) is 0 Å². The monoisotopic (exact) mass is 303 g/mol. The molecule has 18 heavy (non-hydrogen) atoms. The SMILES string of the molecule is COC(=O)[C@@H](N)c1ccc(C(F)(F)F)c(Cl)c1.Cl. The molecule has 0 spiro atoms. The van der Waals surface area contributed by atoms with Crippen LogP contribution in [0.5, 0.6) is 0 Å². The van der Waals surface area contributed by atoms with Gasteiger partial charge in [0.05, 0.1) is 17.7 Å². The zero-order valence-electron chi connectivity index (χ0n) is 9.12. The van der Waals surface area contributed by atoms with Gasteiger partial charge in [0.15, 0.2) is 0 Å². The molecule has 0 saturated carbocycles. The Morgan fingerprint density at radius 3 is 2.39 bits per heavy atom. The van der Waals surface area contributed by atoms with Crippen LogP contribution in [0.15, 0.2) is 18.2 Å². The van der Waals surface area contributed by atoms with Gasteiger partial charge in [-0.05, 0) is 17.7 Å². The van der Waals surface area contributed by atoms with Gasteiger partial charge in [-0.25, -0.2) is 0 Å². The Kier molecular flexibility index (Phi) is 5.92. The van der Waals surface area contributed by atoms with Crippen molar-refractivity contribution in [2.45, 2.75) is 12.2 Å². The minimum absolute atomic E-state index is 0. The molecule has 0 heterocycles. The number of alkyl halides is 3. The Hall–Kier alpha value is -0.980. The maximum Gasteiger partial charge on any atom is 0.417 e. The third-order valence-electron chi connectivity index (χ3n) is 2.11. The minimum Gasteiger partial charge on any atom is -0.468 e. The van der Waals surface area contributed by atoms with Gasteiger partial charge in [-0.15, -0.1) is 12.4 Å². The quantitative estimate of drug-likeness (QED) is 0.855. The van der Waals surface area contributed by atoms with Crippen molar-refractivity contribution in [3.05, 3.63) is 34.3 Å². The van der Waals surface area contributed by atoms with Gasteiger partial charge in [-0.2, -0.15) is 13.2 Å². The van der Waals surface area contributed by atoms with Crippen molar-refractivity contribution in [3.63, 3.8) is 0 Å². The van der Waals surface area contributed by atoms with Crippen LogP contribution in [0, 0.1) is 0 Å². The molecule has 1 aromatic rings. The molecule has 0 bridgehead atoms. The normalized spacial score (nSPS) is 12.6. The van der Waals surface area contributed by atoms with Crippen molar-refractivity contribution < 1.29 is 22.7 Å². The smallest absolute Gasteiger partial charge is 0.417 e. The van der Waals surface area contributed by atoms with Crippen molar-refractivity contribution in [2.24, 2.45) is 5.73 Å². The summed E-state index contributed by atoms with van der Waals surface area (Å²) >= 11 is 5.48. The first kappa shape index (κ1) is 17.0. The summed E-state index contributed by atoms with van der Waals surface area (Å²) in [5, 5.41) is -0.505. The van der Waals surface area contributed by atoms with Gasteiger partial charge < -0.3 is 10.5 Å². The lowest BCUT2D eigenvalue weighted by Crippen LogP contribution is -2.22. The first-order valence-corrected chi connectivity index (χ1v) is 4.85. The number of benzene rings is 1. The standard InChI is InChI=1S/C10H9ClF3NO2.ClH/c1-17-9(16)8(15)5-2-3-6(7(11)4-5)10(12,13)14;/h2-4,8H,15H2,1H3;1H/t8-;/m0./s1. The fourth-order valence-electron chi connectivity index (χ4n) is 1.22. The lowest BCUT2D eigenvalue weighted by Gasteiger charge is -2.13. The fraction of sp³-hybridized carbons (Fsp3) is 0.300. The third-order valence-corrected chi connectivity index (χ3v) is 2.43. The molecule has 0 aliphatic carbocycles. The van der Waals surface area contributed by atoms with Crippen molar-refractivity contribution in [3.8, 4) is 0 Å². The summed E-state index contributed by atoms with van der Waals surface area (Å²) in [6.45, 7) is 0. The molecule has 0 aliphatic rings. The summed E-state index contributed by atoms with van der Waals surface area (Å²) in [6, 6.07) is 1.72. The van der Waals surface area contributed by atoms with E-state index in [1.54, 1.807) is 0 Å². The van der Waals surface area contributed by atoms with E-state index in [1.807, 2.05) is 0 Å². The molecule has 0 saturated heterocycles. The molecule has 0 amide bonds. The number of esters is 1. The number of hydrogen-bond acceptors (Lipinski definition) is 3. The molecular weight excluding hydrogens is 294 g/mol. The molecular formula is C10H10Cl2F3NO2. The topological polar surface area (TPSA) is 52.3 Å². The number of carbonyl (C=O) groups excluding carboxylic acids is 1. The van der Waals surface area contributed by atoms with Gasteiger partial charge in [-0.1, -0.05) is 17.7 Å². The van der Waals surface area contributed by atoms with Gasteiger partial charge in [0.25, 0.3) is 0 Å². The lowest BCUT2D eigenvalue weighted by atomic mass is 10.1. The average molecular weight is 304 g/mol. The van der Waals surface area contributed by atoms with Crippen molar-refractivity contribution in [2.75, 3.05) is 7.11 Å². The van der Waals surface area contributed by atoms with Crippen LogP contribution in [-0.2, 0) is 15.7 Å². The second kappa shape index (κ2) is 6.26. The van der Waals surface area contributed by atoms with Crippen LogP contribution in [0.2, 0.25) is 5.02 Å². The number of carbonyl (C=O) groups is 1. The highest BCUT2D eigenvalue weighted by molar-refractivity contribution is 6.31. The van der Waals surface area contributed by atoms with E-state index in [4.69, 9.17) is 17.3 Å². The molecule has 1 atom stereocenters. The zero-order chi connectivity index (χ0) is 13.2. The van der Waals surface area contributed by atoms with Crippen LogP contribution in [0.25, 0.3) is 0 Å². The predicted molar refractivity (Wildman–Crippen MR) is 62.6 cm³/mol. The highest BCUT2D eigenvalue weighted by Crippen LogP contribution is 2.35. The first-order valence-electron chi connectivity index (χ1n) is 4.47. The van der Waals surface area contributed by atoms with Gasteiger partial charge >= 0.3 is 12.1 Å². The zero-order valence-corrected chi connectivity index (χ0v) is 10.7. The van der Waals surface area contributed by atoms with E-state index < -0.39 is 28.8 Å². The number of ether oxygens (including phenoxy) is 1. The summed E-state index contributed by atoms with van der Waals surface area (Å²) in [5.41, 5.74) is 4.65. The summed E-state index contributed by atoms with van der Waals surface area (Å²) < 4.78 is 41.6. The lowest BCUT2D eigenvalue weighted by molar-refractivity contribution is -0.142. The number of methoxy groups -OCH3 is 1. The highest BCUT2D eigenvalue weighted by Gasteiger charge is 2.33. The average Bonchev–Trinajstić information content (AvgIpc) is 2.25. The van der Waals surface area contributed by atoms with E-state index in [0.717, 1.165) is 25.3 Å². The maximum absolute atomic E-state index is 12.4. The van der Waals surface area contributed by atoms with E-state index in [9.17, 15) is 18.0 Å². The molecule has 0 fully saturated rings. The Balaban J connectivity index is 0.00000289. The second-order valence-electron chi connectivity index (χ2n) is 3.24. The molecule has 102 valence electrons. The number of hydrogen-bond donors (Lipinski definition) is 1. The molecule has 0 unspecified atom stereocenters. The Morgan fingerprint density at radius 2 is 2.00 bits per heavy atom. The maximum atomic E-state index is 12.4. The Labute approximate surface area is 112 Å². The van der Waals surface area contributed by atoms with Crippen LogP contribution < -0.4 is 5.73 Å². The summed E-state index contributed by atoms with van der Waals surface area (Å²) in [4.78, 5) is 11.1. The van der Waals surface area contributed by atoms with Crippen LogP contribution >= 0.6 is 24.0 Å². The van der Waals surface area contributed by atoms with Crippen LogP contribution in [0.4, 0.5) is 13.2 Å². The summed E-state index contributed by atoms with van der Waals surface area (Å²) in [6.07, 6.45) is -4.54. The first-order chi connectivity index (χ1) is 7.77. The molecule has 2 N–H and O–H groups in total. The summed E-state index contributed by atoms with van der Waals surface area (Å²) in [7, 11) is 1.13. The number of nitrogens with two attached hydrogens (primary N) is 1. The highest BCUT2D eigenvalue weighted by atomic mass is 35.5. The number of halogens is 5. The molecule has 0 aromatic heterocycles. The third kappa shape index (κ3) is 3.76. The van der Waals surface area contributed by atoms with Crippen LogP contribution in [-0.4, -0.2) is 13.1 Å². The van der Waals surface area contributed by atoms with Gasteiger partial charge in [0.1, 0.15) is 6.04 Å². The van der Waals surface area contributed by atoms with Crippen LogP contribution in [0.1, 0.15) is 17.2 Å². The molecule has 1 rings (SSSR count). The van der Waals surface area contributed by atoms with Crippen LogP contribution in [0.3, 0.4) is 0 Å². The second-order valence-corrected chi connectivity index (χ2v) is 3.65. The fourth-order valence-corrected chi connectivity index (χ4v) is 1.51. The molecule has 3 nitrogen and oxygen atoms in total. The van der Waals surface area contributed by atoms with Gasteiger partial charge in [0.2, 0.25) is 0 Å². The minimum atomic E-state index is -4.54. The predicted octanol–water partition coefficient (Wildman–Crippen LogP) is 2.95. The van der Waals surface area contributed by atoms with Gasteiger partial charge in [0, 0.05) is 0 Å². The Bertz CT molecular complexity index is 438. The van der Waals surface area contributed by atoms with E-state index >= 15 is 0 Å². The Morgan fingerprint density at radius 1 is 1.44 bits per heavy atom. The van der Waals surface area contributed by atoms with Gasteiger partial charge in [-0.3, -0.25) is 4.79 Å². The molecule has 8 heteroatoms. The molecule has 1 aromatic carbocycles. The summed E-state index contributed by atoms with van der Waals surface area (Å²) in [5.74, 6) is -0.749. The van der Waals surface area contributed by atoms with E-state index in [2.05, 4.69) is 4.74 Å². The van der Waals surface area contributed by atoms with E-state index in [0.29, 0.717) is 0 Å². The van der Waals surface area contributed by atoms with E-state index in [1.165, 1.54) is 0 Å². The largest absolute Gasteiger partial charge is 0.468 e. The molecule has 0 radical (unpaired) electrons. The van der Waals surface area contributed by atoms with Crippen molar-refractivity contribution in [1.29, 1.82) is 0 Å². The molecule has 0 aliphatic heterocycles. The van der Waals surface area contributed by atoms with E-state index in [-0.39, 0.29) is 18.0 Å².